The summed E-state index contributed by atoms with van der Waals surface area (Å²) in [4.78, 5) is 11.1. The van der Waals surface area contributed by atoms with Crippen LogP contribution < -0.4 is 0 Å². The van der Waals surface area contributed by atoms with Gasteiger partial charge in [0.1, 0.15) is 0 Å². The van der Waals surface area contributed by atoms with E-state index < -0.39 is 11.6 Å². The lowest BCUT2D eigenvalue weighted by atomic mass is 9.87. The minimum absolute atomic E-state index is 0.0990. The van der Waals surface area contributed by atoms with Gasteiger partial charge in [0.2, 0.25) is 0 Å². The molecule has 0 aliphatic rings. The highest BCUT2D eigenvalue weighted by atomic mass is 16.4. The maximum absolute atomic E-state index is 11.1. The lowest BCUT2D eigenvalue weighted by Crippen LogP contribution is -2.31. The number of carbonyl (C=O) groups is 1. The lowest BCUT2D eigenvalue weighted by molar-refractivity contribution is -0.143. The molecule has 0 fully saturated rings. The maximum atomic E-state index is 11.1. The van der Waals surface area contributed by atoms with Crippen molar-refractivity contribution < 1.29 is 15.0 Å². The fourth-order valence-electron chi connectivity index (χ4n) is 3.58. The molecule has 0 radical (unpaired) electrons. The van der Waals surface area contributed by atoms with Crippen molar-refractivity contribution in [3.8, 4) is 0 Å². The highest BCUT2D eigenvalue weighted by Gasteiger charge is 2.28. The van der Waals surface area contributed by atoms with Crippen LogP contribution in [0, 0.1) is 0 Å². The van der Waals surface area contributed by atoms with Crippen LogP contribution in [0.1, 0.15) is 129 Å². The van der Waals surface area contributed by atoms with E-state index >= 15 is 0 Å². The molecule has 0 aliphatic carbocycles. The summed E-state index contributed by atoms with van der Waals surface area (Å²) in [6.45, 7) is 4.43. The zero-order valence-corrected chi connectivity index (χ0v) is 17.0. The monoisotopic (exact) mass is 356 g/mol. The van der Waals surface area contributed by atoms with Gasteiger partial charge in [-0.2, -0.15) is 0 Å². The van der Waals surface area contributed by atoms with Crippen LogP contribution in [0.4, 0.5) is 0 Å². The van der Waals surface area contributed by atoms with Gasteiger partial charge in [-0.15, -0.1) is 0 Å². The van der Waals surface area contributed by atoms with E-state index in [1.165, 1.54) is 70.6 Å². The second kappa shape index (κ2) is 16.9. The van der Waals surface area contributed by atoms with Crippen LogP contribution in [0.25, 0.3) is 0 Å². The molecule has 0 amide bonds. The molecule has 3 heteroatoms. The first-order valence-electron chi connectivity index (χ1n) is 11.0. The van der Waals surface area contributed by atoms with Gasteiger partial charge in [0.05, 0.1) is 12.0 Å². The molecule has 0 aromatic heterocycles. The fraction of sp³-hybridized carbons (Fsp3) is 0.955. The standard InChI is InChI=1S/C22H44O3/c1-3-5-7-9-10-11-12-13-15-17-19-22(25,20-21(23)24)18-16-14-8-6-4-2/h25H,3-20H2,1-2H3,(H,23,24). The lowest BCUT2D eigenvalue weighted by Gasteiger charge is -2.26. The Morgan fingerprint density at radius 1 is 0.640 bits per heavy atom. The number of unbranched alkanes of at least 4 members (excludes halogenated alkanes) is 13. The van der Waals surface area contributed by atoms with E-state index in [4.69, 9.17) is 5.11 Å². The first-order chi connectivity index (χ1) is 12.0. The highest BCUT2D eigenvalue weighted by molar-refractivity contribution is 5.68. The van der Waals surface area contributed by atoms with Crippen molar-refractivity contribution in [3.05, 3.63) is 0 Å². The summed E-state index contributed by atoms with van der Waals surface area (Å²) in [5.74, 6) is -0.872. The Morgan fingerprint density at radius 3 is 1.28 bits per heavy atom. The minimum atomic E-state index is -0.988. The van der Waals surface area contributed by atoms with Gasteiger partial charge >= 0.3 is 5.97 Å². The SMILES string of the molecule is CCCCCCCCCCCCC(O)(CCCCCCC)CC(=O)O. The van der Waals surface area contributed by atoms with Gasteiger partial charge in [-0.25, -0.2) is 0 Å². The molecule has 0 rings (SSSR count). The molecular weight excluding hydrogens is 312 g/mol. The smallest absolute Gasteiger partial charge is 0.306 e. The Bertz CT molecular complexity index is 304. The second-order valence-electron chi connectivity index (χ2n) is 7.89. The molecule has 1 unspecified atom stereocenters. The third-order valence-corrected chi connectivity index (χ3v) is 5.22. The van der Waals surface area contributed by atoms with Crippen molar-refractivity contribution >= 4 is 5.97 Å². The van der Waals surface area contributed by atoms with E-state index in [0.29, 0.717) is 12.8 Å². The first-order valence-corrected chi connectivity index (χ1v) is 11.0. The van der Waals surface area contributed by atoms with E-state index in [2.05, 4.69) is 13.8 Å². The summed E-state index contributed by atoms with van der Waals surface area (Å²) >= 11 is 0. The van der Waals surface area contributed by atoms with Gasteiger partial charge < -0.3 is 10.2 Å². The van der Waals surface area contributed by atoms with Gasteiger partial charge in [0, 0.05) is 0 Å². The Hall–Kier alpha value is -0.570. The summed E-state index contributed by atoms with van der Waals surface area (Å²) in [5.41, 5.74) is -0.988. The van der Waals surface area contributed by atoms with Crippen LogP contribution in [-0.4, -0.2) is 21.8 Å². The Morgan fingerprint density at radius 2 is 0.960 bits per heavy atom. The zero-order chi connectivity index (χ0) is 18.8. The number of hydrogen-bond acceptors (Lipinski definition) is 2. The minimum Gasteiger partial charge on any atom is -0.481 e. The molecule has 25 heavy (non-hydrogen) atoms. The second-order valence-corrected chi connectivity index (χ2v) is 7.89. The van der Waals surface area contributed by atoms with Crippen LogP contribution in [0.3, 0.4) is 0 Å². The normalized spacial score (nSPS) is 13.7. The van der Waals surface area contributed by atoms with Crippen LogP contribution in [0.2, 0.25) is 0 Å². The Kier molecular flexibility index (Phi) is 16.5. The number of hydrogen-bond donors (Lipinski definition) is 2. The molecule has 150 valence electrons. The van der Waals surface area contributed by atoms with E-state index in [-0.39, 0.29) is 6.42 Å². The molecule has 2 N–H and O–H groups in total. The third kappa shape index (κ3) is 16.6. The van der Waals surface area contributed by atoms with Crippen molar-refractivity contribution in [2.75, 3.05) is 0 Å². The summed E-state index contributed by atoms with van der Waals surface area (Å²) < 4.78 is 0. The molecule has 0 aliphatic heterocycles. The molecule has 0 saturated carbocycles. The predicted molar refractivity (Wildman–Crippen MR) is 107 cm³/mol. The molecule has 0 saturated heterocycles. The topological polar surface area (TPSA) is 57.5 Å². The van der Waals surface area contributed by atoms with Crippen molar-refractivity contribution in [3.63, 3.8) is 0 Å². The summed E-state index contributed by atoms with van der Waals surface area (Å²) in [6.07, 6.45) is 19.5. The number of carboxylic acid groups (broad SMARTS) is 1. The fourth-order valence-corrected chi connectivity index (χ4v) is 3.58. The summed E-state index contributed by atoms with van der Waals surface area (Å²) in [5, 5.41) is 19.8. The van der Waals surface area contributed by atoms with Crippen LogP contribution in [-0.2, 0) is 4.79 Å². The molecule has 0 bridgehead atoms. The first kappa shape index (κ1) is 24.4. The summed E-state index contributed by atoms with van der Waals surface area (Å²) in [7, 11) is 0. The number of aliphatic carboxylic acids is 1. The van der Waals surface area contributed by atoms with Gasteiger partial charge in [0.25, 0.3) is 0 Å². The predicted octanol–water partition coefficient (Wildman–Crippen LogP) is 6.86. The van der Waals surface area contributed by atoms with E-state index in [0.717, 1.165) is 25.7 Å². The molecule has 0 aromatic carbocycles. The quantitative estimate of drug-likeness (QED) is 0.248. The Balaban J connectivity index is 3.78. The van der Waals surface area contributed by atoms with Gasteiger partial charge in [0.15, 0.2) is 0 Å². The average molecular weight is 357 g/mol. The molecule has 0 aromatic rings. The largest absolute Gasteiger partial charge is 0.481 e. The Labute approximate surface area is 156 Å². The van der Waals surface area contributed by atoms with E-state index in [1.807, 2.05) is 0 Å². The maximum Gasteiger partial charge on any atom is 0.306 e. The zero-order valence-electron chi connectivity index (χ0n) is 17.0. The van der Waals surface area contributed by atoms with Gasteiger partial charge in [-0.3, -0.25) is 4.79 Å². The molecule has 0 heterocycles. The number of aliphatic hydroxyl groups is 1. The number of carboxylic acids is 1. The highest BCUT2D eigenvalue weighted by Crippen LogP contribution is 2.26. The molecule has 0 spiro atoms. The van der Waals surface area contributed by atoms with Crippen molar-refractivity contribution in [1.82, 2.24) is 0 Å². The summed E-state index contributed by atoms with van der Waals surface area (Å²) in [6, 6.07) is 0. The van der Waals surface area contributed by atoms with Crippen LogP contribution in [0.15, 0.2) is 0 Å². The van der Waals surface area contributed by atoms with Crippen molar-refractivity contribution in [1.29, 1.82) is 0 Å². The molecule has 3 nitrogen and oxygen atoms in total. The number of rotatable bonds is 19. The average Bonchev–Trinajstić information content (AvgIpc) is 2.56. The molecule has 1 atom stereocenters. The van der Waals surface area contributed by atoms with Crippen molar-refractivity contribution in [2.45, 2.75) is 135 Å². The van der Waals surface area contributed by atoms with E-state index in [1.54, 1.807) is 0 Å². The van der Waals surface area contributed by atoms with Gasteiger partial charge in [-0.05, 0) is 12.8 Å². The van der Waals surface area contributed by atoms with Crippen LogP contribution in [0.5, 0.6) is 0 Å². The van der Waals surface area contributed by atoms with Crippen LogP contribution >= 0.6 is 0 Å². The molecular formula is C22H44O3. The van der Waals surface area contributed by atoms with E-state index in [9.17, 15) is 9.90 Å². The van der Waals surface area contributed by atoms with Crippen molar-refractivity contribution in [2.24, 2.45) is 0 Å². The van der Waals surface area contributed by atoms with Gasteiger partial charge in [-0.1, -0.05) is 110 Å². The third-order valence-electron chi connectivity index (χ3n) is 5.22.